The third-order valence-electron chi connectivity index (χ3n) is 3.12. The van der Waals surface area contributed by atoms with Gasteiger partial charge in [-0.1, -0.05) is 0 Å². The van der Waals surface area contributed by atoms with Crippen molar-refractivity contribution in [3.63, 3.8) is 0 Å². The number of aromatic nitrogens is 5. The van der Waals surface area contributed by atoms with E-state index in [1.165, 1.54) is 11.1 Å². The average Bonchev–Trinajstić information content (AvgIpc) is 2.86. The molecular weight excluding hydrogens is 240 g/mol. The number of anilines is 1. The van der Waals surface area contributed by atoms with Crippen LogP contribution in [0.3, 0.4) is 0 Å². The number of fused-ring (bicyclic) bond motifs is 1. The predicted molar refractivity (Wildman–Crippen MR) is 64.2 cm³/mol. The third kappa shape index (κ3) is 2.04. The van der Waals surface area contributed by atoms with Crippen LogP contribution in [0.5, 0.6) is 0 Å². The van der Waals surface area contributed by atoms with E-state index in [-0.39, 0.29) is 0 Å². The molecule has 0 aliphatic carbocycles. The lowest BCUT2D eigenvalue weighted by atomic mass is 10.0. The molecule has 0 aromatic carbocycles. The SMILES string of the molecule is ClCC1CCCN(c2ccc3nnnn3n2)C1. The van der Waals surface area contributed by atoms with Gasteiger partial charge in [-0.3, -0.25) is 0 Å². The van der Waals surface area contributed by atoms with Gasteiger partial charge < -0.3 is 4.90 Å². The minimum Gasteiger partial charge on any atom is -0.355 e. The molecular formula is C10H13ClN6. The molecule has 2 aromatic heterocycles. The summed E-state index contributed by atoms with van der Waals surface area (Å²) < 4.78 is 1.46. The summed E-state index contributed by atoms with van der Waals surface area (Å²) in [6.45, 7) is 1.98. The van der Waals surface area contributed by atoms with Crippen LogP contribution in [-0.2, 0) is 0 Å². The molecule has 0 radical (unpaired) electrons. The monoisotopic (exact) mass is 252 g/mol. The van der Waals surface area contributed by atoms with Crippen LogP contribution < -0.4 is 4.90 Å². The van der Waals surface area contributed by atoms with Crippen molar-refractivity contribution in [3.8, 4) is 0 Å². The van der Waals surface area contributed by atoms with E-state index >= 15 is 0 Å². The molecule has 1 aliphatic heterocycles. The van der Waals surface area contributed by atoms with Crippen LogP contribution in [0.25, 0.3) is 5.65 Å². The van der Waals surface area contributed by atoms with E-state index in [1.54, 1.807) is 0 Å². The molecule has 1 unspecified atom stereocenters. The minimum atomic E-state index is 0.553. The molecule has 17 heavy (non-hydrogen) atoms. The van der Waals surface area contributed by atoms with Crippen molar-refractivity contribution in [1.82, 2.24) is 25.3 Å². The Morgan fingerprint density at radius 1 is 1.41 bits per heavy atom. The van der Waals surface area contributed by atoms with Gasteiger partial charge in [-0.25, -0.2) is 0 Å². The van der Waals surface area contributed by atoms with E-state index in [1.807, 2.05) is 12.1 Å². The fourth-order valence-corrected chi connectivity index (χ4v) is 2.46. The molecule has 3 rings (SSSR count). The number of hydrogen-bond acceptors (Lipinski definition) is 5. The molecule has 0 N–H and O–H groups in total. The van der Waals surface area contributed by atoms with Crippen molar-refractivity contribution in [1.29, 1.82) is 0 Å². The summed E-state index contributed by atoms with van der Waals surface area (Å²) in [5.41, 5.74) is 0.666. The summed E-state index contributed by atoms with van der Waals surface area (Å²) in [6.07, 6.45) is 2.36. The second-order valence-corrected chi connectivity index (χ2v) is 4.64. The largest absolute Gasteiger partial charge is 0.355 e. The molecule has 3 heterocycles. The summed E-state index contributed by atoms with van der Waals surface area (Å²) in [5, 5.41) is 15.6. The first kappa shape index (κ1) is 10.7. The van der Waals surface area contributed by atoms with Crippen LogP contribution in [-0.4, -0.2) is 44.2 Å². The van der Waals surface area contributed by atoms with Crippen molar-refractivity contribution in [2.75, 3.05) is 23.9 Å². The number of halogens is 1. The normalized spacial score (nSPS) is 21.0. The first-order chi connectivity index (χ1) is 8.36. The first-order valence-corrected chi connectivity index (χ1v) is 6.26. The summed E-state index contributed by atoms with van der Waals surface area (Å²) in [7, 11) is 0. The van der Waals surface area contributed by atoms with Crippen molar-refractivity contribution in [2.24, 2.45) is 5.92 Å². The Morgan fingerprint density at radius 2 is 2.35 bits per heavy atom. The quantitative estimate of drug-likeness (QED) is 0.746. The number of alkyl halides is 1. The van der Waals surface area contributed by atoms with Crippen LogP contribution in [0.2, 0.25) is 0 Å². The van der Waals surface area contributed by atoms with Gasteiger partial charge in [-0.05, 0) is 41.3 Å². The zero-order valence-corrected chi connectivity index (χ0v) is 10.1. The highest BCUT2D eigenvalue weighted by Crippen LogP contribution is 2.22. The van der Waals surface area contributed by atoms with Crippen molar-refractivity contribution in [3.05, 3.63) is 12.1 Å². The average molecular weight is 253 g/mol. The third-order valence-corrected chi connectivity index (χ3v) is 3.55. The summed E-state index contributed by atoms with van der Waals surface area (Å²) >= 11 is 5.93. The van der Waals surface area contributed by atoms with E-state index < -0.39 is 0 Å². The summed E-state index contributed by atoms with van der Waals surface area (Å²) in [6, 6.07) is 3.84. The Hall–Kier alpha value is -1.43. The fourth-order valence-electron chi connectivity index (χ4n) is 2.21. The van der Waals surface area contributed by atoms with E-state index in [0.717, 1.165) is 25.3 Å². The van der Waals surface area contributed by atoms with Crippen LogP contribution in [0.15, 0.2) is 12.1 Å². The van der Waals surface area contributed by atoms with Gasteiger partial charge in [0.05, 0.1) is 0 Å². The highest BCUT2D eigenvalue weighted by atomic mass is 35.5. The molecule has 0 saturated carbocycles. The fraction of sp³-hybridized carbons (Fsp3) is 0.600. The van der Waals surface area contributed by atoms with Crippen LogP contribution >= 0.6 is 11.6 Å². The Bertz CT molecular complexity index is 512. The number of piperidine rings is 1. The molecule has 1 atom stereocenters. The zero-order valence-electron chi connectivity index (χ0n) is 9.33. The van der Waals surface area contributed by atoms with E-state index in [4.69, 9.17) is 11.6 Å². The Labute approximate surface area is 104 Å². The number of tetrazole rings is 1. The van der Waals surface area contributed by atoms with Crippen LogP contribution in [0.1, 0.15) is 12.8 Å². The molecule has 1 aliphatic rings. The molecule has 1 fully saturated rings. The highest BCUT2D eigenvalue weighted by Gasteiger charge is 2.20. The van der Waals surface area contributed by atoms with Gasteiger partial charge in [-0.2, -0.15) is 0 Å². The second-order valence-electron chi connectivity index (χ2n) is 4.33. The van der Waals surface area contributed by atoms with Gasteiger partial charge in [-0.15, -0.1) is 26.4 Å². The van der Waals surface area contributed by atoms with Crippen molar-refractivity contribution >= 4 is 23.1 Å². The van der Waals surface area contributed by atoms with E-state index in [0.29, 0.717) is 17.4 Å². The lowest BCUT2D eigenvalue weighted by molar-refractivity contribution is 0.447. The Kier molecular flexibility index (Phi) is 2.80. The highest BCUT2D eigenvalue weighted by molar-refractivity contribution is 6.18. The molecule has 6 nitrogen and oxygen atoms in total. The standard InChI is InChI=1S/C10H13ClN6/c11-6-8-2-1-5-16(7-8)10-4-3-9-12-14-15-17(9)13-10/h3-4,8H,1-2,5-7H2. The van der Waals surface area contributed by atoms with E-state index in [2.05, 4.69) is 25.5 Å². The topological polar surface area (TPSA) is 59.2 Å². The number of rotatable bonds is 2. The molecule has 1 saturated heterocycles. The van der Waals surface area contributed by atoms with E-state index in [9.17, 15) is 0 Å². The number of hydrogen-bond donors (Lipinski definition) is 0. The molecule has 7 heteroatoms. The lowest BCUT2D eigenvalue weighted by Gasteiger charge is -2.32. The maximum Gasteiger partial charge on any atom is 0.200 e. The van der Waals surface area contributed by atoms with Gasteiger partial charge in [0.25, 0.3) is 0 Å². The maximum atomic E-state index is 5.93. The lowest BCUT2D eigenvalue weighted by Crippen LogP contribution is -2.36. The molecule has 0 amide bonds. The summed E-state index contributed by atoms with van der Waals surface area (Å²) in [5.74, 6) is 2.18. The van der Waals surface area contributed by atoms with Crippen molar-refractivity contribution in [2.45, 2.75) is 12.8 Å². The zero-order chi connectivity index (χ0) is 11.7. The smallest absolute Gasteiger partial charge is 0.200 e. The van der Waals surface area contributed by atoms with Gasteiger partial charge in [0.15, 0.2) is 11.5 Å². The van der Waals surface area contributed by atoms with Crippen LogP contribution in [0, 0.1) is 5.92 Å². The Balaban J connectivity index is 1.86. The molecule has 90 valence electrons. The summed E-state index contributed by atoms with van der Waals surface area (Å²) in [4.78, 5) is 2.25. The maximum absolute atomic E-state index is 5.93. The van der Waals surface area contributed by atoms with Crippen LogP contribution in [0.4, 0.5) is 5.82 Å². The molecule has 0 spiro atoms. The van der Waals surface area contributed by atoms with Gasteiger partial charge in [0, 0.05) is 19.0 Å². The minimum absolute atomic E-state index is 0.553. The van der Waals surface area contributed by atoms with Gasteiger partial charge >= 0.3 is 0 Å². The number of nitrogens with zero attached hydrogens (tertiary/aromatic N) is 6. The Morgan fingerprint density at radius 3 is 3.24 bits per heavy atom. The molecule has 0 bridgehead atoms. The van der Waals surface area contributed by atoms with Gasteiger partial charge in [0.1, 0.15) is 0 Å². The first-order valence-electron chi connectivity index (χ1n) is 5.73. The predicted octanol–water partition coefficient (Wildman–Crippen LogP) is 0.974. The second kappa shape index (κ2) is 4.44. The van der Waals surface area contributed by atoms with Crippen molar-refractivity contribution < 1.29 is 0 Å². The molecule has 2 aromatic rings. The van der Waals surface area contributed by atoms with Gasteiger partial charge in [0.2, 0.25) is 0 Å².